The molecule has 0 aliphatic rings. The lowest BCUT2D eigenvalue weighted by Crippen LogP contribution is -1.98. The zero-order valence-corrected chi connectivity index (χ0v) is 19.3. The molecule has 0 bridgehead atoms. The van der Waals surface area contributed by atoms with Gasteiger partial charge in [0.1, 0.15) is 11.4 Å². The predicted octanol–water partition coefficient (Wildman–Crippen LogP) is 8.90. The van der Waals surface area contributed by atoms with Crippen LogP contribution in [0.15, 0.2) is 126 Å². The second-order valence-electron chi connectivity index (χ2n) is 9.20. The molecule has 0 N–H and O–H groups in total. The van der Waals surface area contributed by atoms with Gasteiger partial charge in [-0.05, 0) is 47.5 Å². The van der Waals surface area contributed by atoms with E-state index in [1.165, 1.54) is 16.5 Å². The number of para-hydroxylation sites is 2. The van der Waals surface area contributed by atoms with Crippen LogP contribution in [0.2, 0.25) is 0 Å². The number of nitrogens with zero attached hydrogens (tertiary/aromatic N) is 2. The third-order valence-electron chi connectivity index (χ3n) is 7.21. The fourth-order valence-corrected chi connectivity index (χ4v) is 5.61. The highest BCUT2D eigenvalue weighted by atomic mass is 16.3. The highest BCUT2D eigenvalue weighted by Gasteiger charge is 2.19. The molecule has 0 amide bonds. The first-order chi connectivity index (χ1) is 17.9. The summed E-state index contributed by atoms with van der Waals surface area (Å²) in [5, 5.41) is 5.74. The van der Waals surface area contributed by atoms with Crippen LogP contribution in [0.25, 0.3) is 71.6 Å². The van der Waals surface area contributed by atoms with E-state index in [1.807, 2.05) is 18.2 Å². The Kier molecular flexibility index (Phi) is 3.94. The zero-order chi connectivity index (χ0) is 23.6. The molecule has 8 aromatic rings. The molecule has 0 saturated carbocycles. The number of hydrogen-bond donors (Lipinski definition) is 0. The van der Waals surface area contributed by atoms with Crippen molar-refractivity contribution in [1.29, 1.82) is 0 Å². The Hall–Kier alpha value is -4.89. The van der Waals surface area contributed by atoms with Gasteiger partial charge in [0.15, 0.2) is 5.58 Å². The van der Waals surface area contributed by atoms with Crippen molar-refractivity contribution in [1.82, 2.24) is 9.55 Å². The highest BCUT2D eigenvalue weighted by molar-refractivity contribution is 6.21. The summed E-state index contributed by atoms with van der Waals surface area (Å²) in [6.07, 6.45) is 0. The van der Waals surface area contributed by atoms with Gasteiger partial charge in [0.25, 0.3) is 0 Å². The van der Waals surface area contributed by atoms with Gasteiger partial charge in [0, 0.05) is 26.9 Å². The lowest BCUT2D eigenvalue weighted by atomic mass is 10.0. The fourth-order valence-electron chi connectivity index (χ4n) is 5.61. The first kappa shape index (κ1) is 19.4. The van der Waals surface area contributed by atoms with Crippen molar-refractivity contribution >= 4 is 54.6 Å². The smallest absolute Gasteiger partial charge is 0.160 e. The first-order valence-corrected chi connectivity index (χ1v) is 12.2. The van der Waals surface area contributed by atoms with Crippen LogP contribution in [0, 0.1) is 0 Å². The van der Waals surface area contributed by atoms with Crippen molar-refractivity contribution in [2.24, 2.45) is 0 Å². The monoisotopic (exact) mass is 460 g/mol. The van der Waals surface area contributed by atoms with Crippen molar-refractivity contribution in [3.63, 3.8) is 0 Å². The van der Waals surface area contributed by atoms with E-state index in [9.17, 15) is 0 Å². The van der Waals surface area contributed by atoms with E-state index >= 15 is 0 Å². The van der Waals surface area contributed by atoms with Gasteiger partial charge in [0.05, 0.1) is 16.6 Å². The SMILES string of the molecule is c1ccc(-c2cccc3nc(-n4c5ccccc5c5ccc6c7ccccc7oc6c54)ccc23)cc1. The molecule has 3 nitrogen and oxygen atoms in total. The van der Waals surface area contributed by atoms with E-state index in [2.05, 4.69) is 108 Å². The molecule has 0 spiro atoms. The molecule has 0 aliphatic carbocycles. The topological polar surface area (TPSA) is 31.0 Å². The lowest BCUT2D eigenvalue weighted by molar-refractivity contribution is 0.671. The van der Waals surface area contributed by atoms with Crippen molar-refractivity contribution in [3.8, 4) is 16.9 Å². The Bertz CT molecular complexity index is 2100. The molecule has 5 aromatic carbocycles. The molecule has 3 aromatic heterocycles. The van der Waals surface area contributed by atoms with Crippen LogP contribution in [0.5, 0.6) is 0 Å². The van der Waals surface area contributed by atoms with E-state index in [0.717, 1.165) is 55.1 Å². The third kappa shape index (κ3) is 2.65. The van der Waals surface area contributed by atoms with E-state index < -0.39 is 0 Å². The Morgan fingerprint density at radius 1 is 0.528 bits per heavy atom. The number of hydrogen-bond acceptors (Lipinski definition) is 2. The molecule has 168 valence electrons. The largest absolute Gasteiger partial charge is 0.454 e. The molecular weight excluding hydrogens is 440 g/mol. The van der Waals surface area contributed by atoms with E-state index in [-0.39, 0.29) is 0 Å². The third-order valence-corrected chi connectivity index (χ3v) is 7.21. The van der Waals surface area contributed by atoms with Gasteiger partial charge in [-0.1, -0.05) is 84.9 Å². The van der Waals surface area contributed by atoms with Gasteiger partial charge < -0.3 is 4.42 Å². The zero-order valence-electron chi connectivity index (χ0n) is 19.3. The van der Waals surface area contributed by atoms with Gasteiger partial charge in [-0.3, -0.25) is 4.57 Å². The van der Waals surface area contributed by atoms with Crippen molar-refractivity contribution in [2.75, 3.05) is 0 Å². The Labute approximate surface area is 206 Å². The summed E-state index contributed by atoms with van der Waals surface area (Å²) in [7, 11) is 0. The number of benzene rings is 5. The van der Waals surface area contributed by atoms with Gasteiger partial charge in [-0.15, -0.1) is 0 Å². The highest BCUT2D eigenvalue weighted by Crippen LogP contribution is 2.40. The normalized spacial score (nSPS) is 11.9. The number of aromatic nitrogens is 2. The summed E-state index contributed by atoms with van der Waals surface area (Å²) in [6, 6.07) is 42.3. The summed E-state index contributed by atoms with van der Waals surface area (Å²) < 4.78 is 8.73. The molecule has 0 fully saturated rings. The summed E-state index contributed by atoms with van der Waals surface area (Å²) in [5.74, 6) is 0.881. The summed E-state index contributed by atoms with van der Waals surface area (Å²) in [5.41, 5.74) is 7.31. The summed E-state index contributed by atoms with van der Waals surface area (Å²) >= 11 is 0. The second-order valence-corrected chi connectivity index (χ2v) is 9.20. The maximum absolute atomic E-state index is 6.47. The lowest BCUT2D eigenvalue weighted by Gasteiger charge is -2.11. The van der Waals surface area contributed by atoms with E-state index in [0.29, 0.717) is 0 Å². The van der Waals surface area contributed by atoms with Crippen LogP contribution in [-0.2, 0) is 0 Å². The minimum Gasteiger partial charge on any atom is -0.454 e. The molecular formula is C33H20N2O. The number of furan rings is 1. The Morgan fingerprint density at radius 3 is 2.19 bits per heavy atom. The summed E-state index contributed by atoms with van der Waals surface area (Å²) in [4.78, 5) is 5.19. The van der Waals surface area contributed by atoms with Crippen molar-refractivity contribution < 1.29 is 4.42 Å². The average Bonchev–Trinajstić information content (AvgIpc) is 3.49. The minimum atomic E-state index is 0.881. The van der Waals surface area contributed by atoms with Gasteiger partial charge in [0.2, 0.25) is 0 Å². The second kappa shape index (κ2) is 7.30. The molecule has 0 saturated heterocycles. The molecule has 0 atom stereocenters. The van der Waals surface area contributed by atoms with Crippen LogP contribution < -0.4 is 0 Å². The van der Waals surface area contributed by atoms with E-state index in [1.54, 1.807) is 0 Å². The predicted molar refractivity (Wildman–Crippen MR) is 149 cm³/mol. The standard InChI is InChI=1S/C33H20N2O/c1-2-9-21(10-3-1)22-13-8-14-28-23(22)19-20-31(34-28)35-29-15-6-4-11-24(29)26-17-18-27-25-12-5-7-16-30(25)36-33(27)32(26)35/h1-20H. The van der Waals surface area contributed by atoms with Gasteiger partial charge in [-0.2, -0.15) is 0 Å². The Balaban J connectivity index is 1.48. The number of fused-ring (bicyclic) bond motifs is 8. The molecule has 3 heterocycles. The average molecular weight is 461 g/mol. The quantitative estimate of drug-likeness (QED) is 0.258. The van der Waals surface area contributed by atoms with Crippen LogP contribution in [0.1, 0.15) is 0 Å². The first-order valence-electron chi connectivity index (χ1n) is 12.2. The van der Waals surface area contributed by atoms with Gasteiger partial charge >= 0.3 is 0 Å². The number of rotatable bonds is 2. The van der Waals surface area contributed by atoms with Crippen LogP contribution in [0.3, 0.4) is 0 Å². The molecule has 8 rings (SSSR count). The molecule has 0 unspecified atom stereocenters. The van der Waals surface area contributed by atoms with Gasteiger partial charge in [-0.25, -0.2) is 4.98 Å². The van der Waals surface area contributed by atoms with E-state index in [4.69, 9.17) is 9.40 Å². The maximum Gasteiger partial charge on any atom is 0.160 e. The van der Waals surface area contributed by atoms with Crippen LogP contribution in [-0.4, -0.2) is 9.55 Å². The molecule has 0 aliphatic heterocycles. The van der Waals surface area contributed by atoms with Crippen molar-refractivity contribution in [2.45, 2.75) is 0 Å². The molecule has 36 heavy (non-hydrogen) atoms. The Morgan fingerprint density at radius 2 is 1.28 bits per heavy atom. The van der Waals surface area contributed by atoms with Crippen LogP contribution in [0.4, 0.5) is 0 Å². The summed E-state index contributed by atoms with van der Waals surface area (Å²) in [6.45, 7) is 0. The fraction of sp³-hybridized carbons (Fsp3) is 0. The number of pyridine rings is 1. The molecule has 0 radical (unpaired) electrons. The molecule has 3 heteroatoms. The maximum atomic E-state index is 6.47. The minimum absolute atomic E-state index is 0.881. The van der Waals surface area contributed by atoms with Crippen LogP contribution >= 0.6 is 0 Å². The van der Waals surface area contributed by atoms with Crippen molar-refractivity contribution in [3.05, 3.63) is 121 Å².